The second-order valence-corrected chi connectivity index (χ2v) is 6.30. The maximum Gasteiger partial charge on any atom is 0.255 e. The van der Waals surface area contributed by atoms with E-state index in [-0.39, 0.29) is 30.7 Å². The summed E-state index contributed by atoms with van der Waals surface area (Å²) in [6.07, 6.45) is 2.44. The standard InChI is InChI=1S/C19H23N3O.2ClH/c1-14-8-10-22(11-9-14)18-7-3-6-17(13-18)21-19(23)15-4-2-5-16(20)12-15;;/h2-7,12-14H,8-11,20H2,1H3,(H,21,23);2*1H. The lowest BCUT2D eigenvalue weighted by molar-refractivity contribution is 0.102. The highest BCUT2D eigenvalue weighted by Gasteiger charge is 2.16. The van der Waals surface area contributed by atoms with Crippen LogP contribution in [-0.2, 0) is 0 Å². The maximum atomic E-state index is 12.3. The van der Waals surface area contributed by atoms with E-state index in [4.69, 9.17) is 5.73 Å². The number of halogens is 2. The third-order valence-corrected chi connectivity index (χ3v) is 4.40. The number of carbonyl (C=O) groups excluding carboxylic acids is 1. The van der Waals surface area contributed by atoms with Gasteiger partial charge in [0.2, 0.25) is 0 Å². The number of benzene rings is 2. The minimum atomic E-state index is -0.137. The molecule has 6 heteroatoms. The van der Waals surface area contributed by atoms with Crippen LogP contribution in [0.25, 0.3) is 0 Å². The summed E-state index contributed by atoms with van der Waals surface area (Å²) in [5.74, 6) is 0.666. The molecule has 1 saturated heterocycles. The van der Waals surface area contributed by atoms with E-state index in [0.29, 0.717) is 11.3 Å². The van der Waals surface area contributed by atoms with Crippen molar-refractivity contribution in [2.75, 3.05) is 29.0 Å². The van der Waals surface area contributed by atoms with Gasteiger partial charge in [0, 0.05) is 35.7 Å². The first-order valence-electron chi connectivity index (χ1n) is 8.14. The number of rotatable bonds is 3. The second-order valence-electron chi connectivity index (χ2n) is 6.30. The molecule has 1 heterocycles. The molecule has 1 amide bonds. The number of amides is 1. The summed E-state index contributed by atoms with van der Waals surface area (Å²) in [4.78, 5) is 14.7. The highest BCUT2D eigenvalue weighted by molar-refractivity contribution is 6.04. The van der Waals surface area contributed by atoms with Crippen molar-refractivity contribution in [3.8, 4) is 0 Å². The fourth-order valence-corrected chi connectivity index (χ4v) is 2.93. The third-order valence-electron chi connectivity index (χ3n) is 4.40. The number of anilines is 3. The lowest BCUT2D eigenvalue weighted by Gasteiger charge is -2.32. The molecule has 0 radical (unpaired) electrons. The third kappa shape index (κ3) is 5.55. The minimum absolute atomic E-state index is 0. The number of nitrogens with one attached hydrogen (secondary N) is 1. The number of piperidine rings is 1. The molecular weight excluding hydrogens is 357 g/mol. The van der Waals surface area contributed by atoms with E-state index in [0.717, 1.165) is 24.7 Å². The molecule has 2 aromatic carbocycles. The van der Waals surface area contributed by atoms with E-state index < -0.39 is 0 Å². The summed E-state index contributed by atoms with van der Waals surface area (Å²) in [5.41, 5.74) is 8.88. The average molecular weight is 382 g/mol. The van der Waals surface area contributed by atoms with E-state index in [1.165, 1.54) is 18.5 Å². The number of hydrogen-bond donors (Lipinski definition) is 2. The summed E-state index contributed by atoms with van der Waals surface area (Å²) in [7, 11) is 0. The van der Waals surface area contributed by atoms with Crippen molar-refractivity contribution in [1.29, 1.82) is 0 Å². The fourth-order valence-electron chi connectivity index (χ4n) is 2.93. The second kappa shape index (κ2) is 9.54. The van der Waals surface area contributed by atoms with Crippen molar-refractivity contribution >= 4 is 47.8 Å². The van der Waals surface area contributed by atoms with Gasteiger partial charge < -0.3 is 16.0 Å². The largest absolute Gasteiger partial charge is 0.399 e. The molecule has 1 aliphatic heterocycles. The van der Waals surface area contributed by atoms with E-state index in [1.807, 2.05) is 18.2 Å². The molecule has 3 N–H and O–H groups in total. The van der Waals surface area contributed by atoms with Crippen LogP contribution >= 0.6 is 24.8 Å². The Labute approximate surface area is 161 Å². The Morgan fingerprint density at radius 1 is 1.08 bits per heavy atom. The van der Waals surface area contributed by atoms with E-state index in [2.05, 4.69) is 23.2 Å². The summed E-state index contributed by atoms with van der Waals surface area (Å²) in [6.45, 7) is 4.46. The van der Waals surface area contributed by atoms with Crippen LogP contribution in [0.3, 0.4) is 0 Å². The van der Waals surface area contributed by atoms with Gasteiger partial charge >= 0.3 is 0 Å². The fraction of sp³-hybridized carbons (Fsp3) is 0.316. The molecule has 4 nitrogen and oxygen atoms in total. The molecule has 0 aromatic heterocycles. The van der Waals surface area contributed by atoms with Crippen molar-refractivity contribution in [3.63, 3.8) is 0 Å². The van der Waals surface area contributed by atoms with Crippen molar-refractivity contribution < 1.29 is 4.79 Å². The van der Waals surface area contributed by atoms with Crippen LogP contribution < -0.4 is 16.0 Å². The van der Waals surface area contributed by atoms with Crippen molar-refractivity contribution in [1.82, 2.24) is 0 Å². The normalized spacial score (nSPS) is 14.2. The zero-order valence-corrected chi connectivity index (χ0v) is 15.9. The van der Waals surface area contributed by atoms with Crippen LogP contribution in [0.2, 0.25) is 0 Å². The van der Waals surface area contributed by atoms with Crippen molar-refractivity contribution in [2.45, 2.75) is 19.8 Å². The van der Waals surface area contributed by atoms with Crippen molar-refractivity contribution in [2.24, 2.45) is 5.92 Å². The summed E-state index contributed by atoms with van der Waals surface area (Å²) in [5, 5.41) is 2.95. The van der Waals surface area contributed by atoms with Crippen LogP contribution in [0, 0.1) is 5.92 Å². The highest BCUT2D eigenvalue weighted by Crippen LogP contribution is 2.25. The minimum Gasteiger partial charge on any atom is -0.399 e. The van der Waals surface area contributed by atoms with Crippen LogP contribution in [-0.4, -0.2) is 19.0 Å². The average Bonchev–Trinajstić information content (AvgIpc) is 2.56. The molecule has 25 heavy (non-hydrogen) atoms. The van der Waals surface area contributed by atoms with Gasteiger partial charge in [-0.25, -0.2) is 0 Å². The van der Waals surface area contributed by atoms with Crippen LogP contribution in [0.4, 0.5) is 17.1 Å². The predicted molar refractivity (Wildman–Crippen MR) is 110 cm³/mol. The molecule has 1 aliphatic rings. The Bertz CT molecular complexity index is 701. The Morgan fingerprint density at radius 2 is 1.76 bits per heavy atom. The molecule has 2 aromatic rings. The Balaban J connectivity index is 0.00000156. The Kier molecular flexibility index (Phi) is 8.07. The smallest absolute Gasteiger partial charge is 0.255 e. The van der Waals surface area contributed by atoms with Gasteiger partial charge in [0.05, 0.1) is 0 Å². The van der Waals surface area contributed by atoms with E-state index in [1.54, 1.807) is 24.3 Å². The quantitative estimate of drug-likeness (QED) is 0.763. The molecule has 0 atom stereocenters. The van der Waals surface area contributed by atoms with Gasteiger partial charge in [-0.3, -0.25) is 4.79 Å². The first kappa shape index (κ1) is 21.1. The first-order valence-corrected chi connectivity index (χ1v) is 8.14. The monoisotopic (exact) mass is 381 g/mol. The Morgan fingerprint density at radius 3 is 2.44 bits per heavy atom. The van der Waals surface area contributed by atoms with E-state index >= 15 is 0 Å². The van der Waals surface area contributed by atoms with Crippen molar-refractivity contribution in [3.05, 3.63) is 54.1 Å². The van der Waals surface area contributed by atoms with Crippen LogP contribution in [0.15, 0.2) is 48.5 Å². The number of nitrogens with zero attached hydrogens (tertiary/aromatic N) is 1. The molecule has 0 spiro atoms. The van der Waals surface area contributed by atoms with Gasteiger partial charge in [-0.1, -0.05) is 19.1 Å². The molecule has 0 unspecified atom stereocenters. The van der Waals surface area contributed by atoms with Gasteiger partial charge in [-0.05, 0) is 55.2 Å². The van der Waals surface area contributed by atoms with E-state index in [9.17, 15) is 4.79 Å². The van der Waals surface area contributed by atoms with Gasteiger partial charge in [0.15, 0.2) is 0 Å². The summed E-state index contributed by atoms with van der Waals surface area (Å²) < 4.78 is 0. The molecule has 136 valence electrons. The molecule has 0 saturated carbocycles. The molecule has 3 rings (SSSR count). The molecular formula is C19H25Cl2N3O. The molecule has 0 bridgehead atoms. The number of carbonyl (C=O) groups is 1. The topological polar surface area (TPSA) is 58.4 Å². The predicted octanol–water partition coefficient (Wildman–Crippen LogP) is 4.60. The maximum absolute atomic E-state index is 12.3. The zero-order chi connectivity index (χ0) is 16.2. The highest BCUT2D eigenvalue weighted by atomic mass is 35.5. The number of nitrogen functional groups attached to an aromatic ring is 1. The summed E-state index contributed by atoms with van der Waals surface area (Å²) in [6, 6.07) is 15.1. The number of nitrogens with two attached hydrogens (primary N) is 1. The number of hydrogen-bond acceptors (Lipinski definition) is 3. The van der Waals surface area contributed by atoms with Crippen LogP contribution in [0.5, 0.6) is 0 Å². The zero-order valence-electron chi connectivity index (χ0n) is 14.3. The van der Waals surface area contributed by atoms with Gasteiger partial charge in [-0.2, -0.15) is 0 Å². The lowest BCUT2D eigenvalue weighted by atomic mass is 9.99. The molecule has 0 aliphatic carbocycles. The Hall–Kier alpha value is -1.91. The molecule has 1 fully saturated rings. The first-order chi connectivity index (χ1) is 11.1. The van der Waals surface area contributed by atoms with Crippen LogP contribution in [0.1, 0.15) is 30.1 Å². The SMILES string of the molecule is CC1CCN(c2cccc(NC(=O)c3cccc(N)c3)c2)CC1.Cl.Cl. The lowest BCUT2D eigenvalue weighted by Crippen LogP contribution is -2.32. The summed E-state index contributed by atoms with van der Waals surface area (Å²) >= 11 is 0. The van der Waals surface area contributed by atoms with Gasteiger partial charge in [-0.15, -0.1) is 24.8 Å². The van der Waals surface area contributed by atoms with Gasteiger partial charge in [0.1, 0.15) is 0 Å². The van der Waals surface area contributed by atoms with Gasteiger partial charge in [0.25, 0.3) is 5.91 Å².